The Hall–Kier alpha value is -0.950. The van der Waals surface area contributed by atoms with E-state index < -0.39 is 18.5 Å². The summed E-state index contributed by atoms with van der Waals surface area (Å²) >= 11 is 3.30. The van der Waals surface area contributed by atoms with Gasteiger partial charge in [0, 0.05) is 4.47 Å². The summed E-state index contributed by atoms with van der Waals surface area (Å²) in [6.07, 6.45) is -0.819. The lowest BCUT2D eigenvalue weighted by atomic mass is 10.3. The molecule has 1 atom stereocenters. The topological polar surface area (TPSA) is 76.0 Å². The van der Waals surface area contributed by atoms with Crippen molar-refractivity contribution < 1.29 is 24.5 Å². The van der Waals surface area contributed by atoms with E-state index in [1.807, 2.05) is 12.1 Å². The normalized spacial score (nSPS) is 12.2. The lowest BCUT2D eigenvalue weighted by molar-refractivity contribution is -0.127. The maximum absolute atomic E-state index is 10.7. The van der Waals surface area contributed by atoms with E-state index in [1.54, 1.807) is 12.1 Å². The molecule has 0 aliphatic rings. The Labute approximate surface area is 113 Å². The molecule has 0 radical (unpaired) electrons. The van der Waals surface area contributed by atoms with Crippen LogP contribution in [0.3, 0.4) is 0 Å². The number of hydrogen-bond donors (Lipinski definition) is 2. The zero-order chi connectivity index (χ0) is 13.4. The van der Waals surface area contributed by atoms with E-state index in [2.05, 4.69) is 15.9 Å². The van der Waals surface area contributed by atoms with Gasteiger partial charge in [0.05, 0.1) is 6.61 Å². The highest BCUT2D eigenvalue weighted by molar-refractivity contribution is 9.10. The van der Waals surface area contributed by atoms with E-state index in [9.17, 15) is 9.90 Å². The second-order valence-corrected chi connectivity index (χ2v) is 4.55. The van der Waals surface area contributed by atoms with E-state index in [-0.39, 0.29) is 19.8 Å². The molecule has 0 fully saturated rings. The van der Waals surface area contributed by atoms with Crippen molar-refractivity contribution >= 4 is 21.7 Å². The maximum Gasteiger partial charge on any atom is 0.183 e. The van der Waals surface area contributed by atoms with Crippen LogP contribution in [0.2, 0.25) is 0 Å². The monoisotopic (exact) mass is 318 g/mol. The fraction of sp³-hybridized carbons (Fsp3) is 0.417. The smallest absolute Gasteiger partial charge is 0.183 e. The molecule has 0 saturated heterocycles. The Kier molecular flexibility index (Phi) is 6.89. The number of carbonyl (C=O) groups is 1. The largest absolute Gasteiger partial charge is 0.491 e. The van der Waals surface area contributed by atoms with Gasteiger partial charge in [-0.1, -0.05) is 15.9 Å². The first-order chi connectivity index (χ1) is 8.61. The summed E-state index contributed by atoms with van der Waals surface area (Å²) in [6.45, 7) is -0.686. The quantitative estimate of drug-likeness (QED) is 0.740. The van der Waals surface area contributed by atoms with Gasteiger partial charge in [0.25, 0.3) is 0 Å². The molecular weight excluding hydrogens is 304 g/mol. The molecular formula is C12H15BrO5. The Morgan fingerprint density at radius 1 is 1.28 bits per heavy atom. The summed E-state index contributed by atoms with van der Waals surface area (Å²) in [5, 5.41) is 18.0. The van der Waals surface area contributed by atoms with E-state index in [0.717, 1.165) is 4.47 Å². The van der Waals surface area contributed by atoms with Crippen LogP contribution in [0.5, 0.6) is 5.75 Å². The van der Waals surface area contributed by atoms with Crippen LogP contribution in [-0.4, -0.2) is 48.5 Å². The van der Waals surface area contributed by atoms with Crippen molar-refractivity contribution in [2.75, 3.05) is 26.4 Å². The molecule has 6 heteroatoms. The molecule has 5 nitrogen and oxygen atoms in total. The van der Waals surface area contributed by atoms with E-state index in [1.165, 1.54) is 0 Å². The summed E-state index contributed by atoms with van der Waals surface area (Å²) in [6, 6.07) is 7.20. The lowest BCUT2D eigenvalue weighted by Gasteiger charge is -2.12. The maximum atomic E-state index is 10.7. The van der Waals surface area contributed by atoms with Crippen LogP contribution in [0.15, 0.2) is 28.7 Å². The zero-order valence-corrected chi connectivity index (χ0v) is 11.3. The summed E-state index contributed by atoms with van der Waals surface area (Å²) in [7, 11) is 0. The fourth-order valence-corrected chi connectivity index (χ4v) is 1.39. The van der Waals surface area contributed by atoms with Crippen LogP contribution < -0.4 is 4.74 Å². The van der Waals surface area contributed by atoms with Gasteiger partial charge in [-0.25, -0.2) is 0 Å². The first kappa shape index (κ1) is 15.1. The molecule has 0 bridgehead atoms. The summed E-state index contributed by atoms with van der Waals surface area (Å²) in [4.78, 5) is 10.7. The van der Waals surface area contributed by atoms with Crippen LogP contribution in [0.4, 0.5) is 0 Å². The minimum absolute atomic E-state index is 0.0116. The number of Topliss-reactive ketones (excluding diaryl/α,β-unsaturated/α-hetero) is 1. The summed E-state index contributed by atoms with van der Waals surface area (Å²) < 4.78 is 11.2. The van der Waals surface area contributed by atoms with E-state index in [0.29, 0.717) is 5.75 Å². The number of aliphatic hydroxyl groups is 2. The number of carbonyl (C=O) groups excluding carboxylic acids is 1. The highest BCUT2D eigenvalue weighted by Crippen LogP contribution is 2.16. The number of rotatable bonds is 8. The average molecular weight is 319 g/mol. The molecule has 0 aromatic heterocycles. The first-order valence-electron chi connectivity index (χ1n) is 5.38. The van der Waals surface area contributed by atoms with Crippen LogP contribution in [0, 0.1) is 0 Å². The molecule has 0 amide bonds. The van der Waals surface area contributed by atoms with Crippen molar-refractivity contribution in [1.29, 1.82) is 0 Å². The van der Waals surface area contributed by atoms with Gasteiger partial charge in [-0.3, -0.25) is 4.79 Å². The third kappa shape index (κ3) is 6.11. The number of ketones is 1. The number of halogens is 1. The Bertz CT molecular complexity index is 365. The minimum Gasteiger partial charge on any atom is -0.491 e. The Morgan fingerprint density at radius 2 is 1.94 bits per heavy atom. The van der Waals surface area contributed by atoms with E-state index >= 15 is 0 Å². The van der Waals surface area contributed by atoms with Gasteiger partial charge in [-0.2, -0.15) is 0 Å². The van der Waals surface area contributed by atoms with Crippen molar-refractivity contribution in [2.45, 2.75) is 6.10 Å². The van der Waals surface area contributed by atoms with Gasteiger partial charge in [0.1, 0.15) is 31.7 Å². The molecule has 0 heterocycles. The molecule has 1 aromatic rings. The first-order valence-corrected chi connectivity index (χ1v) is 6.18. The van der Waals surface area contributed by atoms with Gasteiger partial charge in [0.2, 0.25) is 0 Å². The predicted octanol–water partition coefficient (Wildman–Crippen LogP) is 0.767. The van der Waals surface area contributed by atoms with Gasteiger partial charge in [-0.05, 0) is 24.3 Å². The van der Waals surface area contributed by atoms with Crippen molar-refractivity contribution in [3.63, 3.8) is 0 Å². The molecule has 2 N–H and O–H groups in total. The lowest BCUT2D eigenvalue weighted by Crippen LogP contribution is -2.25. The second kappa shape index (κ2) is 8.20. The van der Waals surface area contributed by atoms with Gasteiger partial charge in [0.15, 0.2) is 5.78 Å². The minimum atomic E-state index is -0.819. The van der Waals surface area contributed by atoms with Crippen LogP contribution in [-0.2, 0) is 9.53 Å². The van der Waals surface area contributed by atoms with Crippen molar-refractivity contribution in [2.24, 2.45) is 0 Å². The van der Waals surface area contributed by atoms with Crippen molar-refractivity contribution in [3.8, 4) is 5.75 Å². The molecule has 1 aromatic carbocycles. The molecule has 100 valence electrons. The SMILES string of the molecule is O=C(CO)COC[C@H](O)COc1ccc(Br)cc1. The van der Waals surface area contributed by atoms with Crippen LogP contribution in [0.1, 0.15) is 0 Å². The predicted molar refractivity (Wildman–Crippen MR) is 68.6 cm³/mol. The summed E-state index contributed by atoms with van der Waals surface area (Å²) in [5.74, 6) is 0.222. The standard InChI is InChI=1S/C12H15BrO5/c13-9-1-3-12(4-2-9)18-8-11(16)7-17-6-10(15)5-14/h1-4,11,14,16H,5-8H2/t11-/m0/s1. The van der Waals surface area contributed by atoms with Crippen LogP contribution >= 0.6 is 15.9 Å². The van der Waals surface area contributed by atoms with Gasteiger partial charge >= 0.3 is 0 Å². The van der Waals surface area contributed by atoms with Gasteiger partial charge in [-0.15, -0.1) is 0 Å². The van der Waals surface area contributed by atoms with Crippen LogP contribution in [0.25, 0.3) is 0 Å². The van der Waals surface area contributed by atoms with Crippen molar-refractivity contribution in [1.82, 2.24) is 0 Å². The number of aliphatic hydroxyl groups excluding tert-OH is 2. The molecule has 0 aliphatic carbocycles. The highest BCUT2D eigenvalue weighted by Gasteiger charge is 2.07. The molecule has 0 aliphatic heterocycles. The Morgan fingerprint density at radius 3 is 2.56 bits per heavy atom. The molecule has 0 spiro atoms. The molecule has 1 rings (SSSR count). The summed E-state index contributed by atoms with van der Waals surface area (Å²) in [5.41, 5.74) is 0. The molecule has 18 heavy (non-hydrogen) atoms. The van der Waals surface area contributed by atoms with E-state index in [4.69, 9.17) is 14.6 Å². The second-order valence-electron chi connectivity index (χ2n) is 3.63. The average Bonchev–Trinajstić information content (AvgIpc) is 2.38. The number of hydrogen-bond acceptors (Lipinski definition) is 5. The molecule has 0 saturated carbocycles. The van der Waals surface area contributed by atoms with Crippen molar-refractivity contribution in [3.05, 3.63) is 28.7 Å². The third-order valence-electron chi connectivity index (χ3n) is 2.01. The number of ether oxygens (including phenoxy) is 2. The highest BCUT2D eigenvalue weighted by atomic mass is 79.9. The third-order valence-corrected chi connectivity index (χ3v) is 2.53. The molecule has 0 unspecified atom stereocenters. The Balaban J connectivity index is 2.18. The van der Waals surface area contributed by atoms with Gasteiger partial charge < -0.3 is 19.7 Å². The fourth-order valence-electron chi connectivity index (χ4n) is 1.13. The number of benzene rings is 1. The zero-order valence-electron chi connectivity index (χ0n) is 9.71.